The summed E-state index contributed by atoms with van der Waals surface area (Å²) >= 11 is 1.43. The van der Waals surface area contributed by atoms with E-state index in [1.807, 2.05) is 24.3 Å². The number of carbonyl (C=O) groups is 1. The molecule has 0 atom stereocenters. The molecule has 7 nitrogen and oxygen atoms in total. The zero-order chi connectivity index (χ0) is 20.9. The van der Waals surface area contributed by atoms with Gasteiger partial charge in [-0.1, -0.05) is 24.8 Å². The van der Waals surface area contributed by atoms with Gasteiger partial charge in [-0.05, 0) is 55.3 Å². The van der Waals surface area contributed by atoms with E-state index >= 15 is 0 Å². The summed E-state index contributed by atoms with van der Waals surface area (Å²) in [5.74, 6) is 1.14. The Hall–Kier alpha value is -3.00. The molecule has 0 spiro atoms. The Morgan fingerprint density at radius 2 is 2.20 bits per heavy atom. The number of nitrogens with zero attached hydrogens (tertiary/aromatic N) is 3. The Kier molecular flexibility index (Phi) is 6.23. The standard InChI is InChI=1S/C22H25N5O2S/c1-3-18(28)23-16-8-7-9-17(14-16)30-22-25-20(24-15-10-11-15)19(21(26-22)29-2)27-12-5-4-6-13-27/h3-5,7-9,14-15H,1,6,10-13H2,2H3,(H,23,28)(H,24,25,26). The quantitative estimate of drug-likeness (QED) is 0.376. The second-order valence-electron chi connectivity index (χ2n) is 7.16. The van der Waals surface area contributed by atoms with E-state index in [-0.39, 0.29) is 5.91 Å². The number of aromatic nitrogens is 2. The molecule has 156 valence electrons. The van der Waals surface area contributed by atoms with Crippen molar-refractivity contribution in [1.29, 1.82) is 0 Å². The third kappa shape index (κ3) is 4.94. The lowest BCUT2D eigenvalue weighted by molar-refractivity contribution is -0.111. The molecule has 2 heterocycles. The first-order chi connectivity index (χ1) is 14.7. The summed E-state index contributed by atoms with van der Waals surface area (Å²) in [6, 6.07) is 8.02. The molecule has 0 radical (unpaired) electrons. The second-order valence-corrected chi connectivity index (χ2v) is 8.20. The maximum absolute atomic E-state index is 11.6. The van der Waals surface area contributed by atoms with Gasteiger partial charge in [0.25, 0.3) is 0 Å². The molecule has 4 rings (SSSR count). The Balaban J connectivity index is 1.63. The fourth-order valence-corrected chi connectivity index (χ4v) is 4.00. The molecule has 2 N–H and O–H groups in total. The van der Waals surface area contributed by atoms with E-state index in [0.29, 0.717) is 22.8 Å². The lowest BCUT2D eigenvalue weighted by Gasteiger charge is -2.28. The Morgan fingerprint density at radius 3 is 2.90 bits per heavy atom. The van der Waals surface area contributed by atoms with Crippen LogP contribution < -0.4 is 20.3 Å². The van der Waals surface area contributed by atoms with Gasteiger partial charge in [-0.3, -0.25) is 4.79 Å². The third-order valence-corrected chi connectivity index (χ3v) is 5.67. The van der Waals surface area contributed by atoms with Gasteiger partial charge in [0.15, 0.2) is 11.0 Å². The maximum Gasteiger partial charge on any atom is 0.247 e. The van der Waals surface area contributed by atoms with E-state index in [2.05, 4.69) is 39.2 Å². The highest BCUT2D eigenvalue weighted by atomic mass is 32.2. The SMILES string of the molecule is C=CC(=O)Nc1cccc(Sc2nc(NC3CC3)c(N3CC=CCC3)c(OC)n2)c1. The third-order valence-electron chi connectivity index (χ3n) is 4.81. The summed E-state index contributed by atoms with van der Waals surface area (Å²) in [5.41, 5.74) is 1.62. The molecular formula is C22H25N5O2S. The zero-order valence-corrected chi connectivity index (χ0v) is 17.7. The minimum atomic E-state index is -0.245. The van der Waals surface area contributed by atoms with Crippen LogP contribution >= 0.6 is 11.8 Å². The fraction of sp³-hybridized carbons (Fsp3) is 0.318. The molecule has 0 unspecified atom stereocenters. The average molecular weight is 424 g/mol. The number of anilines is 3. The molecule has 1 fully saturated rings. The number of hydrogen-bond acceptors (Lipinski definition) is 7. The van der Waals surface area contributed by atoms with E-state index in [1.165, 1.54) is 17.8 Å². The Labute approximate surface area is 180 Å². The predicted molar refractivity (Wildman–Crippen MR) is 121 cm³/mol. The van der Waals surface area contributed by atoms with Gasteiger partial charge in [-0.15, -0.1) is 0 Å². The lowest BCUT2D eigenvalue weighted by atomic mass is 10.2. The lowest BCUT2D eigenvalue weighted by Crippen LogP contribution is -2.29. The molecule has 2 aromatic rings. The highest BCUT2D eigenvalue weighted by Gasteiger charge is 2.27. The molecule has 0 saturated heterocycles. The van der Waals surface area contributed by atoms with Crippen LogP contribution in [-0.2, 0) is 4.79 Å². The van der Waals surface area contributed by atoms with Crippen LogP contribution in [0, 0.1) is 0 Å². The first-order valence-corrected chi connectivity index (χ1v) is 10.8. The first kappa shape index (κ1) is 20.3. The monoisotopic (exact) mass is 423 g/mol. The highest BCUT2D eigenvalue weighted by Crippen LogP contribution is 2.39. The van der Waals surface area contributed by atoms with Gasteiger partial charge in [-0.2, -0.15) is 4.98 Å². The van der Waals surface area contributed by atoms with Crippen molar-refractivity contribution in [2.24, 2.45) is 0 Å². The molecule has 0 bridgehead atoms. The molecule has 1 aromatic carbocycles. The Bertz CT molecular complexity index is 974. The van der Waals surface area contributed by atoms with Gasteiger partial charge in [0, 0.05) is 29.7 Å². The summed E-state index contributed by atoms with van der Waals surface area (Å²) < 4.78 is 5.67. The van der Waals surface area contributed by atoms with Gasteiger partial charge in [0.2, 0.25) is 11.8 Å². The number of hydrogen-bond donors (Lipinski definition) is 2. The zero-order valence-electron chi connectivity index (χ0n) is 16.9. The van der Waals surface area contributed by atoms with Crippen molar-refractivity contribution in [3.8, 4) is 5.88 Å². The van der Waals surface area contributed by atoms with Crippen LogP contribution in [0.25, 0.3) is 0 Å². The Morgan fingerprint density at radius 1 is 1.33 bits per heavy atom. The van der Waals surface area contributed by atoms with Gasteiger partial charge < -0.3 is 20.3 Å². The topological polar surface area (TPSA) is 79.4 Å². The first-order valence-electron chi connectivity index (χ1n) is 10.00. The molecule has 8 heteroatoms. The van der Waals surface area contributed by atoms with Crippen LogP contribution in [-0.4, -0.2) is 42.1 Å². The van der Waals surface area contributed by atoms with Gasteiger partial charge in [-0.25, -0.2) is 4.98 Å². The number of nitrogens with one attached hydrogen (secondary N) is 2. The molecule has 1 aromatic heterocycles. The van der Waals surface area contributed by atoms with Crippen LogP contribution in [0.2, 0.25) is 0 Å². The van der Waals surface area contributed by atoms with Crippen LogP contribution in [0.3, 0.4) is 0 Å². The van der Waals surface area contributed by atoms with Crippen molar-refractivity contribution in [3.63, 3.8) is 0 Å². The fourth-order valence-electron chi connectivity index (χ4n) is 3.19. The number of carbonyl (C=O) groups excluding carboxylic acids is 1. The number of amides is 1. The molecule has 1 aliphatic carbocycles. The maximum atomic E-state index is 11.6. The molecule has 1 aliphatic heterocycles. The van der Waals surface area contributed by atoms with Crippen LogP contribution in [0.4, 0.5) is 17.2 Å². The second kappa shape index (κ2) is 9.21. The molecule has 2 aliphatic rings. The highest BCUT2D eigenvalue weighted by molar-refractivity contribution is 7.99. The average Bonchev–Trinajstić information content (AvgIpc) is 3.58. The van der Waals surface area contributed by atoms with E-state index < -0.39 is 0 Å². The number of methoxy groups -OCH3 is 1. The molecule has 1 amide bonds. The largest absolute Gasteiger partial charge is 0.479 e. The number of ether oxygens (including phenoxy) is 1. The van der Waals surface area contributed by atoms with Gasteiger partial charge in [0.05, 0.1) is 7.11 Å². The minimum absolute atomic E-state index is 0.245. The summed E-state index contributed by atoms with van der Waals surface area (Å²) in [4.78, 5) is 24.3. The van der Waals surface area contributed by atoms with Crippen molar-refractivity contribution in [2.45, 2.75) is 35.4 Å². The van der Waals surface area contributed by atoms with Crippen molar-refractivity contribution >= 4 is 34.9 Å². The van der Waals surface area contributed by atoms with E-state index in [1.54, 1.807) is 7.11 Å². The number of benzene rings is 1. The van der Waals surface area contributed by atoms with E-state index in [4.69, 9.17) is 9.72 Å². The summed E-state index contributed by atoms with van der Waals surface area (Å²) in [6.07, 6.45) is 8.90. The van der Waals surface area contributed by atoms with Crippen molar-refractivity contribution in [2.75, 3.05) is 35.7 Å². The predicted octanol–water partition coefficient (Wildman–Crippen LogP) is 4.10. The van der Waals surface area contributed by atoms with E-state index in [0.717, 1.165) is 48.8 Å². The summed E-state index contributed by atoms with van der Waals surface area (Å²) in [6.45, 7) is 5.21. The van der Waals surface area contributed by atoms with Crippen molar-refractivity contribution in [1.82, 2.24) is 9.97 Å². The summed E-state index contributed by atoms with van der Waals surface area (Å²) in [7, 11) is 1.65. The van der Waals surface area contributed by atoms with Gasteiger partial charge >= 0.3 is 0 Å². The smallest absolute Gasteiger partial charge is 0.247 e. The van der Waals surface area contributed by atoms with Crippen LogP contribution in [0.15, 0.2) is 59.1 Å². The summed E-state index contributed by atoms with van der Waals surface area (Å²) in [5, 5.41) is 6.92. The van der Waals surface area contributed by atoms with Crippen LogP contribution in [0.1, 0.15) is 19.3 Å². The van der Waals surface area contributed by atoms with Crippen molar-refractivity contribution < 1.29 is 9.53 Å². The molecule has 30 heavy (non-hydrogen) atoms. The normalized spacial score (nSPS) is 15.6. The molecular weight excluding hydrogens is 398 g/mol. The van der Waals surface area contributed by atoms with Crippen LogP contribution in [0.5, 0.6) is 5.88 Å². The minimum Gasteiger partial charge on any atom is -0.479 e. The molecule has 1 saturated carbocycles. The van der Waals surface area contributed by atoms with Crippen molar-refractivity contribution in [3.05, 3.63) is 49.1 Å². The number of rotatable bonds is 8. The van der Waals surface area contributed by atoms with E-state index in [9.17, 15) is 4.79 Å². The van der Waals surface area contributed by atoms with Gasteiger partial charge in [0.1, 0.15) is 5.69 Å².